The first-order valence-corrected chi connectivity index (χ1v) is 5.79. The SMILES string of the molecule is C=CCNS(=O)c1ccc(Cl)c([N+](=O)[O-])c1. The summed E-state index contributed by atoms with van der Waals surface area (Å²) in [6.45, 7) is 3.81. The van der Waals surface area contributed by atoms with Crippen molar-refractivity contribution in [3.05, 3.63) is 46.0 Å². The molecule has 0 aromatic heterocycles. The van der Waals surface area contributed by atoms with E-state index < -0.39 is 15.9 Å². The van der Waals surface area contributed by atoms with E-state index in [0.717, 1.165) is 0 Å². The molecule has 0 radical (unpaired) electrons. The molecular weight excluding hydrogens is 252 g/mol. The van der Waals surface area contributed by atoms with Crippen molar-refractivity contribution in [2.45, 2.75) is 4.90 Å². The molecule has 0 spiro atoms. The molecule has 7 heteroatoms. The lowest BCUT2D eigenvalue weighted by Crippen LogP contribution is -2.16. The normalized spacial score (nSPS) is 12.1. The van der Waals surface area contributed by atoms with Crippen molar-refractivity contribution >= 4 is 28.3 Å². The van der Waals surface area contributed by atoms with Gasteiger partial charge in [-0.1, -0.05) is 17.7 Å². The Morgan fingerprint density at radius 2 is 2.31 bits per heavy atom. The summed E-state index contributed by atoms with van der Waals surface area (Å²) in [5.41, 5.74) is -0.257. The Labute approximate surface area is 99.9 Å². The van der Waals surface area contributed by atoms with Crippen molar-refractivity contribution in [1.82, 2.24) is 4.72 Å². The molecular formula is C9H9ClN2O3S. The Kier molecular flexibility index (Phi) is 4.60. The smallest absolute Gasteiger partial charge is 0.258 e. The number of nitro groups is 1. The molecule has 0 saturated heterocycles. The number of benzene rings is 1. The van der Waals surface area contributed by atoms with Crippen LogP contribution in [0.1, 0.15) is 0 Å². The summed E-state index contributed by atoms with van der Waals surface area (Å²) in [4.78, 5) is 10.3. The monoisotopic (exact) mass is 260 g/mol. The van der Waals surface area contributed by atoms with Gasteiger partial charge in [0.25, 0.3) is 5.69 Å². The van der Waals surface area contributed by atoms with E-state index in [2.05, 4.69) is 11.3 Å². The standard InChI is InChI=1S/C9H9ClN2O3S/c1-2-5-11-16(15)7-3-4-8(10)9(6-7)12(13)14/h2-4,6,11H,1,5H2. The van der Waals surface area contributed by atoms with E-state index in [1.54, 1.807) is 6.08 Å². The Balaban J connectivity index is 2.98. The van der Waals surface area contributed by atoms with Gasteiger partial charge in [0.15, 0.2) is 0 Å². The van der Waals surface area contributed by atoms with E-state index in [0.29, 0.717) is 11.4 Å². The summed E-state index contributed by atoms with van der Waals surface area (Å²) in [5, 5.41) is 10.6. The minimum absolute atomic E-state index is 0.0227. The fourth-order valence-corrected chi connectivity index (χ4v) is 2.00. The number of nitrogens with zero attached hydrogens (tertiary/aromatic N) is 1. The zero-order chi connectivity index (χ0) is 12.1. The van der Waals surface area contributed by atoms with Gasteiger partial charge in [-0.25, -0.2) is 8.93 Å². The van der Waals surface area contributed by atoms with Gasteiger partial charge in [0.05, 0.1) is 9.82 Å². The number of nitrogens with one attached hydrogen (secondary N) is 1. The number of hydrogen-bond acceptors (Lipinski definition) is 3. The van der Waals surface area contributed by atoms with Gasteiger partial charge in [-0.05, 0) is 12.1 Å². The van der Waals surface area contributed by atoms with Crippen LogP contribution in [0.2, 0.25) is 5.02 Å². The Morgan fingerprint density at radius 3 is 2.88 bits per heavy atom. The largest absolute Gasteiger partial charge is 0.289 e. The van der Waals surface area contributed by atoms with Crippen LogP contribution in [0.3, 0.4) is 0 Å². The van der Waals surface area contributed by atoms with E-state index in [9.17, 15) is 14.3 Å². The molecule has 0 bridgehead atoms. The zero-order valence-electron chi connectivity index (χ0n) is 8.18. The van der Waals surface area contributed by atoms with Crippen LogP contribution in [0, 0.1) is 10.1 Å². The Morgan fingerprint density at radius 1 is 1.62 bits per heavy atom. The van der Waals surface area contributed by atoms with E-state index >= 15 is 0 Å². The van der Waals surface area contributed by atoms with Crippen LogP contribution in [0.25, 0.3) is 0 Å². The highest BCUT2D eigenvalue weighted by Gasteiger charge is 2.15. The van der Waals surface area contributed by atoms with Crippen LogP contribution >= 0.6 is 11.6 Å². The number of hydrogen-bond donors (Lipinski definition) is 1. The Bertz CT molecular complexity index is 450. The second-order valence-electron chi connectivity index (χ2n) is 2.78. The van der Waals surface area contributed by atoms with E-state index in [-0.39, 0.29) is 10.7 Å². The minimum Gasteiger partial charge on any atom is -0.258 e. The molecule has 16 heavy (non-hydrogen) atoms. The van der Waals surface area contributed by atoms with Crippen molar-refractivity contribution < 1.29 is 9.13 Å². The maximum absolute atomic E-state index is 11.6. The summed E-state index contributed by atoms with van der Waals surface area (Å²) < 4.78 is 14.2. The van der Waals surface area contributed by atoms with Crippen LogP contribution in [0.4, 0.5) is 5.69 Å². The quantitative estimate of drug-likeness (QED) is 0.500. The second-order valence-corrected chi connectivity index (χ2v) is 4.48. The number of halogens is 1. The predicted octanol–water partition coefficient (Wildman–Crippen LogP) is 2.05. The van der Waals surface area contributed by atoms with Crippen LogP contribution < -0.4 is 4.72 Å². The minimum atomic E-state index is -1.50. The molecule has 1 aromatic carbocycles. The van der Waals surface area contributed by atoms with Crippen LogP contribution in [-0.4, -0.2) is 15.7 Å². The molecule has 0 aliphatic carbocycles. The molecule has 1 aromatic rings. The Hall–Kier alpha value is -1.24. The summed E-state index contributed by atoms with van der Waals surface area (Å²) in [6, 6.07) is 4.01. The highest BCUT2D eigenvalue weighted by molar-refractivity contribution is 7.83. The average Bonchev–Trinajstić information content (AvgIpc) is 2.26. The second kappa shape index (κ2) is 5.74. The zero-order valence-corrected chi connectivity index (χ0v) is 9.75. The lowest BCUT2D eigenvalue weighted by Gasteiger charge is -2.02. The third kappa shape index (κ3) is 3.13. The average molecular weight is 261 g/mol. The summed E-state index contributed by atoms with van der Waals surface area (Å²) >= 11 is 5.62. The van der Waals surface area contributed by atoms with Crippen molar-refractivity contribution in [1.29, 1.82) is 0 Å². The summed E-state index contributed by atoms with van der Waals surface area (Å²) in [5.74, 6) is 0. The fraction of sp³-hybridized carbons (Fsp3) is 0.111. The lowest BCUT2D eigenvalue weighted by atomic mass is 10.3. The number of rotatable bonds is 5. The molecule has 1 N–H and O–H groups in total. The molecule has 86 valence electrons. The molecule has 0 heterocycles. The van der Waals surface area contributed by atoms with E-state index in [1.165, 1.54) is 18.2 Å². The van der Waals surface area contributed by atoms with E-state index in [4.69, 9.17) is 11.6 Å². The van der Waals surface area contributed by atoms with Crippen molar-refractivity contribution in [2.75, 3.05) is 6.54 Å². The van der Waals surface area contributed by atoms with Gasteiger partial charge in [0.1, 0.15) is 16.0 Å². The fourth-order valence-electron chi connectivity index (χ4n) is 0.966. The third-order valence-electron chi connectivity index (χ3n) is 1.69. The van der Waals surface area contributed by atoms with E-state index in [1.807, 2.05) is 0 Å². The molecule has 0 aliphatic rings. The van der Waals surface area contributed by atoms with Gasteiger partial charge in [-0.2, -0.15) is 0 Å². The molecule has 1 atom stereocenters. The first-order chi connectivity index (χ1) is 7.56. The van der Waals surface area contributed by atoms with Gasteiger partial charge >= 0.3 is 0 Å². The topological polar surface area (TPSA) is 72.2 Å². The van der Waals surface area contributed by atoms with Crippen molar-refractivity contribution in [3.63, 3.8) is 0 Å². The van der Waals surface area contributed by atoms with Gasteiger partial charge in [0, 0.05) is 12.6 Å². The molecule has 0 saturated carbocycles. The molecule has 0 fully saturated rings. The van der Waals surface area contributed by atoms with Crippen LogP contribution in [-0.2, 0) is 11.0 Å². The lowest BCUT2D eigenvalue weighted by molar-refractivity contribution is -0.384. The molecule has 1 rings (SSSR count). The van der Waals surface area contributed by atoms with Gasteiger partial charge < -0.3 is 0 Å². The van der Waals surface area contributed by atoms with Crippen molar-refractivity contribution in [2.24, 2.45) is 0 Å². The molecule has 5 nitrogen and oxygen atoms in total. The molecule has 0 aliphatic heterocycles. The summed E-state index contributed by atoms with van der Waals surface area (Å²) in [7, 11) is -1.50. The van der Waals surface area contributed by atoms with Gasteiger partial charge in [-0.3, -0.25) is 10.1 Å². The summed E-state index contributed by atoms with van der Waals surface area (Å²) in [6.07, 6.45) is 1.54. The maximum atomic E-state index is 11.6. The molecule has 1 unspecified atom stereocenters. The van der Waals surface area contributed by atoms with Crippen LogP contribution in [0.15, 0.2) is 35.7 Å². The predicted molar refractivity (Wildman–Crippen MR) is 62.7 cm³/mol. The number of nitro benzene ring substituents is 1. The first-order valence-electron chi connectivity index (χ1n) is 4.26. The van der Waals surface area contributed by atoms with Crippen molar-refractivity contribution in [3.8, 4) is 0 Å². The highest BCUT2D eigenvalue weighted by Crippen LogP contribution is 2.25. The van der Waals surface area contributed by atoms with Gasteiger partial charge in [-0.15, -0.1) is 6.58 Å². The van der Waals surface area contributed by atoms with Gasteiger partial charge in [0.2, 0.25) is 0 Å². The van der Waals surface area contributed by atoms with Crippen LogP contribution in [0.5, 0.6) is 0 Å². The molecule has 0 amide bonds. The maximum Gasteiger partial charge on any atom is 0.289 e. The third-order valence-corrected chi connectivity index (χ3v) is 3.12. The highest BCUT2D eigenvalue weighted by atomic mass is 35.5. The first kappa shape index (κ1) is 12.8.